The Bertz CT molecular complexity index is 864. The molecule has 0 spiro atoms. The van der Waals surface area contributed by atoms with E-state index < -0.39 is 0 Å². The molecule has 216 valence electrons. The summed E-state index contributed by atoms with van der Waals surface area (Å²) in [6.45, 7) is 16.9. The second-order valence-electron chi connectivity index (χ2n) is 8.74. The van der Waals surface area contributed by atoms with Crippen molar-refractivity contribution in [3.63, 3.8) is 0 Å². The van der Waals surface area contributed by atoms with Gasteiger partial charge in [-0.1, -0.05) is 85.6 Å². The molecule has 1 aromatic carbocycles. The smallest absolute Gasteiger partial charge is 0.318 e. The number of hydrogen-bond donors (Lipinski definition) is 2. The van der Waals surface area contributed by atoms with Crippen molar-refractivity contribution in [2.24, 2.45) is 5.92 Å². The molecule has 0 saturated heterocycles. The number of nitrogen functional groups attached to an aromatic ring is 1. The lowest BCUT2D eigenvalue weighted by Crippen LogP contribution is -2.12. The van der Waals surface area contributed by atoms with Gasteiger partial charge >= 0.3 is 6.01 Å². The number of ether oxygens (including phenoxy) is 1. The SMILES string of the molecule is CC.CCCCC=O.CCCCOc1nc(C)c(NC)c(N)n1.CCc1cccc(CC(=O)C(C)CC)c1. The fourth-order valence-electron chi connectivity index (χ4n) is 3.10. The number of unbranched alkanes of at least 4 members (excludes halogenated alkanes) is 3. The summed E-state index contributed by atoms with van der Waals surface area (Å²) < 4.78 is 5.38. The van der Waals surface area contributed by atoms with Gasteiger partial charge in [-0.15, -0.1) is 0 Å². The summed E-state index contributed by atoms with van der Waals surface area (Å²) in [7, 11) is 1.79. The first-order chi connectivity index (χ1) is 18.3. The highest BCUT2D eigenvalue weighted by atomic mass is 16.5. The lowest BCUT2D eigenvalue weighted by molar-refractivity contribution is -0.121. The van der Waals surface area contributed by atoms with Crippen LogP contribution in [0.5, 0.6) is 6.01 Å². The van der Waals surface area contributed by atoms with Gasteiger partial charge in [0.1, 0.15) is 12.1 Å². The summed E-state index contributed by atoms with van der Waals surface area (Å²) in [5.41, 5.74) is 9.77. The van der Waals surface area contributed by atoms with Gasteiger partial charge in [0.15, 0.2) is 5.82 Å². The number of ketones is 1. The van der Waals surface area contributed by atoms with Gasteiger partial charge in [-0.3, -0.25) is 4.79 Å². The van der Waals surface area contributed by atoms with Crippen molar-refractivity contribution in [2.75, 3.05) is 24.7 Å². The molecule has 0 aliphatic carbocycles. The number of aromatic nitrogens is 2. The monoisotopic (exact) mass is 530 g/mol. The number of rotatable bonds is 13. The van der Waals surface area contributed by atoms with Gasteiger partial charge in [-0.25, -0.2) is 0 Å². The Balaban J connectivity index is 0. The van der Waals surface area contributed by atoms with Crippen LogP contribution in [0.25, 0.3) is 0 Å². The number of Topliss-reactive ketones (excluding diaryl/α,β-unsaturated/α-hetero) is 1. The van der Waals surface area contributed by atoms with E-state index in [2.05, 4.69) is 55.1 Å². The van der Waals surface area contributed by atoms with E-state index in [-0.39, 0.29) is 5.92 Å². The quantitative estimate of drug-likeness (QED) is 0.205. The predicted molar refractivity (Wildman–Crippen MR) is 162 cm³/mol. The molecule has 0 fully saturated rings. The van der Waals surface area contributed by atoms with Crippen molar-refractivity contribution in [3.05, 3.63) is 41.1 Å². The topological polar surface area (TPSA) is 107 Å². The molecule has 38 heavy (non-hydrogen) atoms. The molecule has 1 heterocycles. The van der Waals surface area contributed by atoms with Crippen LogP contribution in [0.15, 0.2) is 24.3 Å². The molecule has 3 N–H and O–H groups in total. The van der Waals surface area contributed by atoms with Gasteiger partial charge in [0.25, 0.3) is 0 Å². The maximum absolute atomic E-state index is 11.7. The van der Waals surface area contributed by atoms with E-state index in [1.165, 1.54) is 5.56 Å². The van der Waals surface area contributed by atoms with Crippen molar-refractivity contribution >= 4 is 23.6 Å². The zero-order valence-electron chi connectivity index (χ0n) is 25.5. The molecule has 1 atom stereocenters. The lowest BCUT2D eigenvalue weighted by Gasteiger charge is -2.09. The summed E-state index contributed by atoms with van der Waals surface area (Å²) in [6.07, 6.45) is 8.50. The number of aryl methyl sites for hydroxylation is 2. The molecule has 0 bridgehead atoms. The van der Waals surface area contributed by atoms with E-state index in [9.17, 15) is 9.59 Å². The first kappa shape index (κ1) is 37.2. The Labute approximate surface area is 232 Å². The fraction of sp³-hybridized carbons (Fsp3) is 0.613. The minimum atomic E-state index is 0.190. The van der Waals surface area contributed by atoms with E-state index in [0.717, 1.165) is 68.2 Å². The predicted octanol–water partition coefficient (Wildman–Crippen LogP) is 7.40. The second kappa shape index (κ2) is 24.4. The van der Waals surface area contributed by atoms with Crippen LogP contribution in [0.4, 0.5) is 11.5 Å². The van der Waals surface area contributed by atoms with E-state index in [0.29, 0.717) is 30.6 Å². The number of carbonyl (C=O) groups excluding carboxylic acids is 2. The zero-order chi connectivity index (χ0) is 29.3. The highest BCUT2D eigenvalue weighted by Crippen LogP contribution is 2.21. The molecule has 2 rings (SSSR count). The molecule has 0 radical (unpaired) electrons. The lowest BCUT2D eigenvalue weighted by atomic mass is 9.96. The molecular weight excluding hydrogens is 476 g/mol. The zero-order valence-corrected chi connectivity index (χ0v) is 25.5. The van der Waals surface area contributed by atoms with Crippen molar-refractivity contribution in [2.45, 2.75) is 107 Å². The highest BCUT2D eigenvalue weighted by molar-refractivity contribution is 5.82. The molecule has 0 aliphatic rings. The summed E-state index contributed by atoms with van der Waals surface area (Å²) in [4.78, 5) is 29.6. The Morgan fingerprint density at radius 2 is 1.71 bits per heavy atom. The third-order valence-electron chi connectivity index (χ3n) is 5.69. The molecule has 0 saturated carbocycles. The van der Waals surface area contributed by atoms with Gasteiger partial charge in [-0.2, -0.15) is 9.97 Å². The van der Waals surface area contributed by atoms with Crippen LogP contribution < -0.4 is 15.8 Å². The van der Waals surface area contributed by atoms with Crippen molar-refractivity contribution < 1.29 is 14.3 Å². The number of carbonyl (C=O) groups is 2. The maximum atomic E-state index is 11.7. The number of nitrogens with two attached hydrogens (primary N) is 1. The number of anilines is 2. The summed E-state index contributed by atoms with van der Waals surface area (Å²) in [5, 5.41) is 2.95. The van der Waals surface area contributed by atoms with Crippen LogP contribution in [0, 0.1) is 12.8 Å². The summed E-state index contributed by atoms with van der Waals surface area (Å²) >= 11 is 0. The summed E-state index contributed by atoms with van der Waals surface area (Å²) in [5.74, 6) is 0.970. The van der Waals surface area contributed by atoms with Gasteiger partial charge in [0, 0.05) is 25.8 Å². The minimum Gasteiger partial charge on any atom is -0.463 e. The molecule has 1 unspecified atom stereocenters. The minimum absolute atomic E-state index is 0.190. The van der Waals surface area contributed by atoms with Crippen LogP contribution in [0.2, 0.25) is 0 Å². The Hall–Kier alpha value is -2.96. The van der Waals surface area contributed by atoms with Crippen molar-refractivity contribution in [3.8, 4) is 6.01 Å². The van der Waals surface area contributed by atoms with E-state index in [4.69, 9.17) is 10.5 Å². The molecule has 1 aromatic heterocycles. The number of benzene rings is 1. The largest absolute Gasteiger partial charge is 0.463 e. The van der Waals surface area contributed by atoms with E-state index in [1.54, 1.807) is 7.05 Å². The first-order valence-corrected chi connectivity index (χ1v) is 14.3. The van der Waals surface area contributed by atoms with Gasteiger partial charge in [0.2, 0.25) is 0 Å². The van der Waals surface area contributed by atoms with Crippen LogP contribution in [-0.2, 0) is 22.4 Å². The third kappa shape index (κ3) is 16.7. The number of hydrogen-bond acceptors (Lipinski definition) is 7. The number of nitrogens with one attached hydrogen (secondary N) is 1. The average molecular weight is 531 g/mol. The van der Waals surface area contributed by atoms with E-state index in [1.807, 2.05) is 39.8 Å². The standard InChI is InChI=1S/C14H20O.C10H18N4O.C5H10O.C2H6/c1-4-11(3)14(15)10-13-8-6-7-12(5-2)9-13;1-4-5-6-15-10-13-7(2)8(12-3)9(11)14-10;1-2-3-4-5-6;1-2/h6-9,11H,4-5,10H2,1-3H3;12H,4-6H2,1-3H3,(H2,11,13,14);5H,2-4H2,1H3;1-2H3. The van der Waals surface area contributed by atoms with E-state index >= 15 is 0 Å². The van der Waals surface area contributed by atoms with Crippen LogP contribution in [-0.4, -0.2) is 35.7 Å². The maximum Gasteiger partial charge on any atom is 0.318 e. The second-order valence-corrected chi connectivity index (χ2v) is 8.74. The Morgan fingerprint density at radius 3 is 2.18 bits per heavy atom. The van der Waals surface area contributed by atoms with Gasteiger partial charge in [-0.05, 0) is 43.7 Å². The number of nitrogens with zero attached hydrogens (tertiary/aromatic N) is 2. The van der Waals surface area contributed by atoms with Crippen molar-refractivity contribution in [1.82, 2.24) is 9.97 Å². The van der Waals surface area contributed by atoms with Crippen LogP contribution in [0.1, 0.15) is 104 Å². The molecule has 7 nitrogen and oxygen atoms in total. The fourth-order valence-corrected chi connectivity index (χ4v) is 3.10. The molecule has 0 aliphatic heterocycles. The normalized spacial score (nSPS) is 10.3. The Kier molecular flexibility index (Phi) is 23.9. The van der Waals surface area contributed by atoms with Crippen LogP contribution >= 0.6 is 0 Å². The molecule has 7 heteroatoms. The highest BCUT2D eigenvalue weighted by Gasteiger charge is 2.11. The average Bonchev–Trinajstić information content (AvgIpc) is 2.93. The molecule has 2 aromatic rings. The van der Waals surface area contributed by atoms with Crippen LogP contribution in [0.3, 0.4) is 0 Å². The number of aldehydes is 1. The van der Waals surface area contributed by atoms with Gasteiger partial charge in [0.05, 0.1) is 18.0 Å². The summed E-state index contributed by atoms with van der Waals surface area (Å²) in [6, 6.07) is 8.69. The first-order valence-electron chi connectivity index (χ1n) is 14.3. The Morgan fingerprint density at radius 1 is 1.08 bits per heavy atom. The molecule has 0 amide bonds. The molecular formula is C31H54N4O3. The van der Waals surface area contributed by atoms with Gasteiger partial charge < -0.3 is 20.6 Å². The van der Waals surface area contributed by atoms with Crippen molar-refractivity contribution in [1.29, 1.82) is 0 Å². The third-order valence-corrected chi connectivity index (χ3v) is 5.69.